The van der Waals surface area contributed by atoms with Gasteiger partial charge >= 0.3 is 5.97 Å². The van der Waals surface area contributed by atoms with Crippen LogP contribution in [0.25, 0.3) is 21.7 Å². The number of fused-ring (bicyclic) bond motifs is 4. The van der Waals surface area contributed by atoms with Crippen LogP contribution in [0.4, 0.5) is 5.00 Å². The van der Waals surface area contributed by atoms with Crippen LogP contribution in [0.3, 0.4) is 0 Å². The van der Waals surface area contributed by atoms with Crippen molar-refractivity contribution < 1.29 is 18.7 Å². The summed E-state index contributed by atoms with van der Waals surface area (Å²) < 4.78 is 11.0. The highest BCUT2D eigenvalue weighted by Gasteiger charge is 2.27. The van der Waals surface area contributed by atoms with Crippen molar-refractivity contribution in [3.63, 3.8) is 0 Å². The molecular weight excluding hydrogens is 410 g/mol. The minimum atomic E-state index is -0.350. The molecule has 0 saturated heterocycles. The summed E-state index contributed by atoms with van der Waals surface area (Å²) in [5.41, 5.74) is 3.19. The summed E-state index contributed by atoms with van der Waals surface area (Å²) in [6, 6.07) is 12.0. The average Bonchev–Trinajstić information content (AvgIpc) is 3.35. The fourth-order valence-corrected chi connectivity index (χ4v) is 5.72. The first-order valence-electron chi connectivity index (χ1n) is 10.6. The van der Waals surface area contributed by atoms with Crippen LogP contribution in [0.2, 0.25) is 0 Å². The number of aryl methyl sites for hydroxylation is 1. The molecule has 1 N–H and O–H groups in total. The van der Waals surface area contributed by atoms with E-state index in [1.807, 2.05) is 36.4 Å². The number of hydrogen-bond donors (Lipinski definition) is 1. The van der Waals surface area contributed by atoms with Crippen molar-refractivity contribution in [2.45, 2.75) is 39.0 Å². The predicted molar refractivity (Wildman–Crippen MR) is 123 cm³/mol. The summed E-state index contributed by atoms with van der Waals surface area (Å²) in [5.74, 6) is -0.517. The van der Waals surface area contributed by atoms with Gasteiger partial charge in [-0.3, -0.25) is 4.79 Å². The van der Waals surface area contributed by atoms with Gasteiger partial charge in [0.25, 0.3) is 0 Å². The number of anilines is 1. The summed E-state index contributed by atoms with van der Waals surface area (Å²) in [7, 11) is 0. The highest BCUT2D eigenvalue weighted by atomic mass is 32.1. The monoisotopic (exact) mass is 433 g/mol. The van der Waals surface area contributed by atoms with Gasteiger partial charge in [0.15, 0.2) is 0 Å². The van der Waals surface area contributed by atoms with Crippen LogP contribution in [0.1, 0.15) is 46.1 Å². The Morgan fingerprint density at radius 3 is 2.84 bits per heavy atom. The molecule has 31 heavy (non-hydrogen) atoms. The van der Waals surface area contributed by atoms with E-state index >= 15 is 0 Å². The van der Waals surface area contributed by atoms with Gasteiger partial charge in [-0.05, 0) is 55.0 Å². The summed E-state index contributed by atoms with van der Waals surface area (Å²) in [6.45, 7) is 2.11. The lowest BCUT2D eigenvalue weighted by atomic mass is 9.95. The molecule has 0 radical (unpaired) electrons. The lowest BCUT2D eigenvalue weighted by molar-refractivity contribution is -0.115. The predicted octanol–water partition coefficient (Wildman–Crippen LogP) is 5.88. The first kappa shape index (κ1) is 19.8. The Bertz CT molecular complexity index is 1300. The van der Waals surface area contributed by atoms with E-state index in [-0.39, 0.29) is 18.3 Å². The summed E-state index contributed by atoms with van der Waals surface area (Å²) in [5, 5.41) is 6.73. The van der Waals surface area contributed by atoms with Crippen LogP contribution < -0.4 is 5.32 Å². The number of esters is 1. The Morgan fingerprint density at radius 1 is 1.13 bits per heavy atom. The minimum Gasteiger partial charge on any atom is -0.464 e. The number of hydrogen-bond acceptors (Lipinski definition) is 5. The van der Waals surface area contributed by atoms with Gasteiger partial charge in [0.1, 0.15) is 10.6 Å². The van der Waals surface area contributed by atoms with Crippen molar-refractivity contribution in [3.05, 3.63) is 64.2 Å². The molecule has 0 bridgehead atoms. The molecule has 1 aliphatic rings. The van der Waals surface area contributed by atoms with Crippen molar-refractivity contribution in [3.8, 4) is 0 Å². The molecule has 2 aromatic heterocycles. The van der Waals surface area contributed by atoms with Crippen LogP contribution in [0.5, 0.6) is 0 Å². The lowest BCUT2D eigenvalue weighted by Gasteiger charge is -2.12. The molecule has 158 valence electrons. The number of carbonyl (C=O) groups is 2. The largest absolute Gasteiger partial charge is 0.464 e. The second kappa shape index (κ2) is 8.19. The van der Waals surface area contributed by atoms with Crippen molar-refractivity contribution in [2.75, 3.05) is 11.9 Å². The SMILES string of the molecule is CCOC(=O)c1c(NC(=O)Cc2coc3ccc4ccccc4c23)sc2c1CCCC2. The molecule has 1 aliphatic carbocycles. The molecule has 0 unspecified atom stereocenters. The molecule has 2 heterocycles. The molecule has 0 aliphatic heterocycles. The van der Waals surface area contributed by atoms with Crippen LogP contribution in [-0.2, 0) is 28.8 Å². The van der Waals surface area contributed by atoms with E-state index in [0.717, 1.165) is 58.6 Å². The number of benzene rings is 2. The highest BCUT2D eigenvalue weighted by molar-refractivity contribution is 7.17. The Morgan fingerprint density at radius 2 is 1.97 bits per heavy atom. The van der Waals surface area contributed by atoms with Gasteiger partial charge in [-0.1, -0.05) is 30.3 Å². The molecule has 0 atom stereocenters. The standard InChI is InChI=1S/C25H23NO4S/c1-2-29-25(28)23-18-9-5-6-10-20(18)31-24(23)26-21(27)13-16-14-30-19-12-11-15-7-3-4-8-17(15)22(16)19/h3-4,7-8,11-12,14H,2,5-6,9-10,13H2,1H3,(H,26,27). The molecule has 5 rings (SSSR count). The molecule has 0 spiro atoms. The molecule has 1 amide bonds. The van der Waals surface area contributed by atoms with E-state index in [2.05, 4.69) is 5.32 Å². The number of carbonyl (C=O) groups excluding carboxylic acids is 2. The molecule has 0 saturated carbocycles. The maximum Gasteiger partial charge on any atom is 0.341 e. The van der Waals surface area contributed by atoms with Gasteiger partial charge in [0.2, 0.25) is 5.91 Å². The van der Waals surface area contributed by atoms with E-state index in [0.29, 0.717) is 17.2 Å². The zero-order valence-corrected chi connectivity index (χ0v) is 18.1. The van der Waals surface area contributed by atoms with Gasteiger partial charge in [0.05, 0.1) is 24.9 Å². The van der Waals surface area contributed by atoms with E-state index < -0.39 is 0 Å². The second-order valence-corrected chi connectivity index (χ2v) is 8.89. The first-order valence-corrected chi connectivity index (χ1v) is 11.5. The van der Waals surface area contributed by atoms with E-state index in [1.165, 1.54) is 16.2 Å². The Hall–Kier alpha value is -3.12. The van der Waals surface area contributed by atoms with Crippen molar-refractivity contribution in [1.29, 1.82) is 0 Å². The van der Waals surface area contributed by atoms with Gasteiger partial charge in [-0.25, -0.2) is 4.79 Å². The normalized spacial score (nSPS) is 13.3. The maximum absolute atomic E-state index is 13.0. The summed E-state index contributed by atoms with van der Waals surface area (Å²) in [4.78, 5) is 26.8. The Labute approximate surface area is 184 Å². The quantitative estimate of drug-likeness (QED) is 0.399. The molecule has 2 aromatic carbocycles. The van der Waals surface area contributed by atoms with E-state index in [9.17, 15) is 9.59 Å². The first-order chi connectivity index (χ1) is 15.2. The fraction of sp³-hybridized carbons (Fsp3) is 0.280. The number of ether oxygens (including phenoxy) is 1. The van der Waals surface area contributed by atoms with Crippen LogP contribution in [0.15, 0.2) is 47.1 Å². The molecular formula is C25H23NO4S. The van der Waals surface area contributed by atoms with Crippen LogP contribution in [-0.4, -0.2) is 18.5 Å². The topological polar surface area (TPSA) is 68.5 Å². The van der Waals surface area contributed by atoms with E-state index in [1.54, 1.807) is 13.2 Å². The number of rotatable bonds is 5. The maximum atomic E-state index is 13.0. The van der Waals surface area contributed by atoms with Crippen molar-refractivity contribution >= 4 is 50.0 Å². The fourth-order valence-electron chi connectivity index (χ4n) is 4.42. The summed E-state index contributed by atoms with van der Waals surface area (Å²) >= 11 is 1.51. The van der Waals surface area contributed by atoms with Crippen LogP contribution >= 0.6 is 11.3 Å². The average molecular weight is 434 g/mol. The van der Waals surface area contributed by atoms with Gasteiger partial charge in [-0.15, -0.1) is 11.3 Å². The van der Waals surface area contributed by atoms with E-state index in [4.69, 9.17) is 9.15 Å². The zero-order valence-electron chi connectivity index (χ0n) is 17.3. The van der Waals surface area contributed by atoms with Crippen LogP contribution in [0, 0.1) is 0 Å². The Balaban J connectivity index is 1.46. The number of amides is 1. The van der Waals surface area contributed by atoms with Gasteiger partial charge in [-0.2, -0.15) is 0 Å². The number of thiophene rings is 1. The number of furan rings is 1. The third-order valence-electron chi connectivity index (χ3n) is 5.79. The molecule has 0 fully saturated rings. The summed E-state index contributed by atoms with van der Waals surface area (Å²) in [6.07, 6.45) is 5.79. The molecule has 5 nitrogen and oxygen atoms in total. The Kier molecular flexibility index (Phi) is 5.24. The molecule has 4 aromatic rings. The highest BCUT2D eigenvalue weighted by Crippen LogP contribution is 2.39. The minimum absolute atomic E-state index is 0.167. The second-order valence-electron chi connectivity index (χ2n) is 7.78. The third kappa shape index (κ3) is 3.61. The zero-order chi connectivity index (χ0) is 21.4. The van der Waals surface area contributed by atoms with Crippen molar-refractivity contribution in [2.24, 2.45) is 0 Å². The van der Waals surface area contributed by atoms with Gasteiger partial charge in [0, 0.05) is 15.8 Å². The van der Waals surface area contributed by atoms with Gasteiger partial charge < -0.3 is 14.5 Å². The molecule has 6 heteroatoms. The lowest BCUT2D eigenvalue weighted by Crippen LogP contribution is -2.17. The smallest absolute Gasteiger partial charge is 0.341 e. The number of nitrogens with one attached hydrogen (secondary N) is 1. The van der Waals surface area contributed by atoms with Crippen molar-refractivity contribution in [1.82, 2.24) is 0 Å². The third-order valence-corrected chi connectivity index (χ3v) is 7.00.